The van der Waals surface area contributed by atoms with Crippen LogP contribution in [0.25, 0.3) is 6.08 Å². The van der Waals surface area contributed by atoms with Crippen LogP contribution in [0.1, 0.15) is 15.3 Å². The van der Waals surface area contributed by atoms with Crippen molar-refractivity contribution in [3.05, 3.63) is 39.1 Å². The fraction of sp³-hybridized carbons (Fsp3) is 0.200. The van der Waals surface area contributed by atoms with Crippen LogP contribution in [0.2, 0.25) is 0 Å². The van der Waals surface area contributed by atoms with Crippen LogP contribution in [0.3, 0.4) is 0 Å². The van der Waals surface area contributed by atoms with Gasteiger partial charge in [0.2, 0.25) is 0 Å². The lowest BCUT2D eigenvalue weighted by atomic mass is 10.2. The third-order valence-electron chi connectivity index (χ3n) is 1.49. The summed E-state index contributed by atoms with van der Waals surface area (Å²) in [5.74, 6) is 0. The maximum Gasteiger partial charge on any atom is 0.0334 e. The zero-order chi connectivity index (χ0) is 9.14. The second-order valence-corrected chi connectivity index (χ2v) is 4.46. The van der Waals surface area contributed by atoms with E-state index in [4.69, 9.17) is 11.6 Å². The van der Waals surface area contributed by atoms with Crippen LogP contribution in [-0.2, 0) is 0 Å². The number of aryl methyl sites for hydroxylation is 2. The van der Waals surface area contributed by atoms with Crippen LogP contribution in [-0.4, -0.2) is 0 Å². The number of halogens is 1. The highest BCUT2D eigenvalue weighted by Gasteiger charge is 1.97. The summed E-state index contributed by atoms with van der Waals surface area (Å²) >= 11 is 7.38. The van der Waals surface area contributed by atoms with Crippen molar-refractivity contribution >= 4 is 29.0 Å². The molecule has 2 heteroatoms. The van der Waals surface area contributed by atoms with E-state index in [-0.39, 0.29) is 0 Å². The molecule has 1 heterocycles. The molecule has 1 aromatic rings. The highest BCUT2D eigenvalue weighted by molar-refractivity contribution is 7.13. The molecule has 0 N–H and O–H groups in total. The van der Waals surface area contributed by atoms with E-state index in [1.807, 2.05) is 12.2 Å². The summed E-state index contributed by atoms with van der Waals surface area (Å²) in [7, 11) is 0. The third kappa shape index (κ3) is 2.50. The van der Waals surface area contributed by atoms with Gasteiger partial charge in [0.25, 0.3) is 0 Å². The molecule has 0 amide bonds. The predicted octanol–water partition coefficient (Wildman–Crippen LogP) is 4.13. The van der Waals surface area contributed by atoms with Crippen molar-refractivity contribution in [2.24, 2.45) is 0 Å². The lowest BCUT2D eigenvalue weighted by Gasteiger charge is -1.87. The summed E-state index contributed by atoms with van der Waals surface area (Å²) in [6.45, 7) is 7.79. The topological polar surface area (TPSA) is 0 Å². The van der Waals surface area contributed by atoms with Gasteiger partial charge in [0.05, 0.1) is 0 Å². The SMILES string of the molecule is C=C(Cl)/C=C\c1sc(C)cc1C. The molecule has 12 heavy (non-hydrogen) atoms. The molecule has 0 bridgehead atoms. The van der Waals surface area contributed by atoms with E-state index in [1.165, 1.54) is 15.3 Å². The van der Waals surface area contributed by atoms with Gasteiger partial charge in [-0.1, -0.05) is 18.2 Å². The van der Waals surface area contributed by atoms with Crippen molar-refractivity contribution in [2.45, 2.75) is 13.8 Å². The standard InChI is InChI=1S/C10H11ClS/c1-7-6-9(3)12-10(7)5-4-8(2)11/h4-6H,2H2,1,3H3/b5-4-. The monoisotopic (exact) mass is 198 g/mol. The number of hydrogen-bond acceptors (Lipinski definition) is 1. The maximum absolute atomic E-state index is 5.61. The molecule has 1 aromatic heterocycles. The first kappa shape index (κ1) is 9.56. The summed E-state index contributed by atoms with van der Waals surface area (Å²) in [6, 6.07) is 2.17. The fourth-order valence-electron chi connectivity index (χ4n) is 0.991. The average Bonchev–Trinajstić information content (AvgIpc) is 2.26. The molecule has 0 saturated heterocycles. The summed E-state index contributed by atoms with van der Waals surface area (Å²) < 4.78 is 0. The van der Waals surface area contributed by atoms with Crippen molar-refractivity contribution < 1.29 is 0 Å². The van der Waals surface area contributed by atoms with E-state index < -0.39 is 0 Å². The zero-order valence-electron chi connectivity index (χ0n) is 7.23. The Hall–Kier alpha value is -0.530. The van der Waals surface area contributed by atoms with Crippen LogP contribution in [0.4, 0.5) is 0 Å². The lowest BCUT2D eigenvalue weighted by molar-refractivity contribution is 1.50. The van der Waals surface area contributed by atoms with E-state index in [2.05, 4.69) is 26.5 Å². The van der Waals surface area contributed by atoms with Crippen LogP contribution in [0.15, 0.2) is 23.8 Å². The zero-order valence-corrected chi connectivity index (χ0v) is 8.80. The van der Waals surface area contributed by atoms with Crippen LogP contribution in [0.5, 0.6) is 0 Å². The van der Waals surface area contributed by atoms with Crippen LogP contribution in [0, 0.1) is 13.8 Å². The number of rotatable bonds is 2. The van der Waals surface area contributed by atoms with Gasteiger partial charge in [0.15, 0.2) is 0 Å². The molecule has 1 rings (SSSR count). The number of hydrogen-bond donors (Lipinski definition) is 0. The first-order valence-electron chi connectivity index (χ1n) is 3.69. The van der Waals surface area contributed by atoms with Crippen LogP contribution >= 0.6 is 22.9 Å². The minimum atomic E-state index is 0.570. The Bertz CT molecular complexity index is 321. The van der Waals surface area contributed by atoms with Crippen molar-refractivity contribution in [3.8, 4) is 0 Å². The van der Waals surface area contributed by atoms with Crippen molar-refractivity contribution in [2.75, 3.05) is 0 Å². The van der Waals surface area contributed by atoms with E-state index in [1.54, 1.807) is 11.3 Å². The Morgan fingerprint density at radius 2 is 2.25 bits per heavy atom. The molecule has 0 atom stereocenters. The van der Waals surface area contributed by atoms with Gasteiger partial charge < -0.3 is 0 Å². The number of allylic oxidation sites excluding steroid dienone is 2. The normalized spacial score (nSPS) is 10.9. The minimum Gasteiger partial charge on any atom is -0.141 e. The molecule has 0 unspecified atom stereocenters. The second-order valence-electron chi connectivity index (χ2n) is 2.68. The molecular weight excluding hydrogens is 188 g/mol. The molecule has 0 nitrogen and oxygen atoms in total. The molecule has 0 radical (unpaired) electrons. The third-order valence-corrected chi connectivity index (χ3v) is 2.74. The molecule has 0 aliphatic carbocycles. The Morgan fingerprint density at radius 1 is 1.58 bits per heavy atom. The molecule has 0 saturated carbocycles. The Morgan fingerprint density at radius 3 is 2.67 bits per heavy atom. The summed E-state index contributed by atoms with van der Waals surface area (Å²) in [4.78, 5) is 2.58. The van der Waals surface area contributed by atoms with Crippen LogP contribution < -0.4 is 0 Å². The maximum atomic E-state index is 5.61. The van der Waals surface area contributed by atoms with E-state index in [9.17, 15) is 0 Å². The molecule has 64 valence electrons. The molecule has 0 aromatic carbocycles. The van der Waals surface area contributed by atoms with Gasteiger partial charge in [0.1, 0.15) is 0 Å². The summed E-state index contributed by atoms with van der Waals surface area (Å²) in [6.07, 6.45) is 3.82. The van der Waals surface area contributed by atoms with Gasteiger partial charge >= 0.3 is 0 Å². The molecule has 0 aliphatic rings. The number of thiophene rings is 1. The second kappa shape index (κ2) is 3.92. The molecule has 0 spiro atoms. The van der Waals surface area contributed by atoms with Crippen molar-refractivity contribution in [1.82, 2.24) is 0 Å². The summed E-state index contributed by atoms with van der Waals surface area (Å²) in [5, 5.41) is 0.570. The van der Waals surface area contributed by atoms with E-state index >= 15 is 0 Å². The van der Waals surface area contributed by atoms with Gasteiger partial charge in [-0.15, -0.1) is 11.3 Å². The van der Waals surface area contributed by atoms with Gasteiger partial charge in [-0.3, -0.25) is 0 Å². The average molecular weight is 199 g/mol. The largest absolute Gasteiger partial charge is 0.141 e. The highest BCUT2D eigenvalue weighted by Crippen LogP contribution is 2.22. The Kier molecular flexibility index (Phi) is 3.12. The first-order valence-corrected chi connectivity index (χ1v) is 4.88. The molecular formula is C10H11ClS. The van der Waals surface area contributed by atoms with Crippen molar-refractivity contribution in [3.63, 3.8) is 0 Å². The lowest BCUT2D eigenvalue weighted by Crippen LogP contribution is -1.66. The summed E-state index contributed by atoms with van der Waals surface area (Å²) in [5.41, 5.74) is 1.30. The Balaban J connectivity index is 2.89. The van der Waals surface area contributed by atoms with Gasteiger partial charge in [-0.25, -0.2) is 0 Å². The van der Waals surface area contributed by atoms with Crippen molar-refractivity contribution in [1.29, 1.82) is 0 Å². The molecule has 0 fully saturated rings. The van der Waals surface area contributed by atoms with E-state index in [0.29, 0.717) is 5.03 Å². The van der Waals surface area contributed by atoms with Gasteiger partial charge in [-0.2, -0.15) is 0 Å². The van der Waals surface area contributed by atoms with Gasteiger partial charge in [0, 0.05) is 14.8 Å². The predicted molar refractivity (Wildman–Crippen MR) is 57.8 cm³/mol. The Labute approximate surface area is 82.2 Å². The fourth-order valence-corrected chi connectivity index (χ4v) is 1.99. The molecule has 0 aliphatic heterocycles. The van der Waals surface area contributed by atoms with Gasteiger partial charge in [-0.05, 0) is 37.6 Å². The highest BCUT2D eigenvalue weighted by atomic mass is 35.5. The quantitative estimate of drug-likeness (QED) is 0.627. The van der Waals surface area contributed by atoms with E-state index in [0.717, 1.165) is 0 Å². The smallest absolute Gasteiger partial charge is 0.0334 e. The minimum absolute atomic E-state index is 0.570. The first-order chi connectivity index (χ1) is 5.59.